The number of nitrogens with one attached hydrogen (secondary N) is 2. The van der Waals surface area contributed by atoms with Crippen molar-refractivity contribution in [3.63, 3.8) is 0 Å². The fraction of sp³-hybridized carbons (Fsp3) is 0.250. The van der Waals surface area contributed by atoms with Gasteiger partial charge in [-0.3, -0.25) is 14.9 Å². The minimum atomic E-state index is -0.190. The zero-order valence-electron chi connectivity index (χ0n) is 14.9. The van der Waals surface area contributed by atoms with Gasteiger partial charge < -0.3 is 14.8 Å². The lowest BCUT2D eigenvalue weighted by Gasteiger charge is -2.25. The van der Waals surface area contributed by atoms with Crippen LogP contribution in [0.4, 0.5) is 0 Å². The average molecular weight is 364 g/mol. The van der Waals surface area contributed by atoms with Crippen molar-refractivity contribution in [2.45, 2.75) is 6.42 Å². The van der Waals surface area contributed by atoms with E-state index in [1.165, 1.54) is 0 Å². The third-order valence-corrected chi connectivity index (χ3v) is 4.56. The number of methoxy groups -OCH3 is 1. The van der Waals surface area contributed by atoms with Gasteiger partial charge in [0.25, 0.3) is 5.91 Å². The summed E-state index contributed by atoms with van der Waals surface area (Å²) in [6, 6.07) is 13.1. The van der Waals surface area contributed by atoms with E-state index in [0.717, 1.165) is 29.2 Å². The van der Waals surface area contributed by atoms with Gasteiger partial charge in [-0.1, -0.05) is 12.1 Å². The highest BCUT2D eigenvalue weighted by atomic mass is 16.5. The molecule has 1 atom stereocenters. The summed E-state index contributed by atoms with van der Waals surface area (Å²) in [6.45, 7) is 1.09. The van der Waals surface area contributed by atoms with E-state index in [1.54, 1.807) is 19.4 Å². The zero-order chi connectivity index (χ0) is 18.6. The first kappa shape index (κ1) is 17.1. The molecule has 0 aliphatic carbocycles. The number of carbonyl (C=O) groups is 1. The van der Waals surface area contributed by atoms with Crippen LogP contribution in [-0.2, 0) is 6.42 Å². The summed E-state index contributed by atoms with van der Waals surface area (Å²) in [5.74, 6) is 1.66. The minimum absolute atomic E-state index is 0.190. The van der Waals surface area contributed by atoms with Crippen LogP contribution in [-0.4, -0.2) is 41.3 Å². The maximum atomic E-state index is 12.4. The Hall–Kier alpha value is -3.35. The van der Waals surface area contributed by atoms with Gasteiger partial charge in [-0.15, -0.1) is 0 Å². The number of nitrogens with zero attached hydrogens (tertiary/aromatic N) is 2. The van der Waals surface area contributed by atoms with Crippen LogP contribution in [0.3, 0.4) is 0 Å². The third kappa shape index (κ3) is 3.76. The predicted molar refractivity (Wildman–Crippen MR) is 99.8 cm³/mol. The molecule has 4 rings (SSSR count). The number of aromatic nitrogens is 3. The number of hydrogen-bond donors (Lipinski definition) is 2. The van der Waals surface area contributed by atoms with Crippen LogP contribution < -0.4 is 14.8 Å². The van der Waals surface area contributed by atoms with Crippen LogP contribution >= 0.6 is 0 Å². The number of rotatable bonds is 5. The summed E-state index contributed by atoms with van der Waals surface area (Å²) >= 11 is 0. The molecule has 27 heavy (non-hydrogen) atoms. The summed E-state index contributed by atoms with van der Waals surface area (Å²) < 4.78 is 11.0. The Bertz CT molecular complexity index is 939. The van der Waals surface area contributed by atoms with Crippen molar-refractivity contribution in [1.82, 2.24) is 20.5 Å². The Morgan fingerprint density at radius 3 is 3.04 bits per heavy atom. The summed E-state index contributed by atoms with van der Waals surface area (Å²) in [5, 5.41) is 9.89. The maximum absolute atomic E-state index is 12.4. The molecule has 7 heteroatoms. The van der Waals surface area contributed by atoms with Crippen molar-refractivity contribution >= 4 is 5.91 Å². The highest BCUT2D eigenvalue weighted by molar-refractivity contribution is 5.93. The summed E-state index contributed by atoms with van der Waals surface area (Å²) in [6.07, 6.45) is 2.54. The molecule has 0 saturated carbocycles. The van der Waals surface area contributed by atoms with Crippen LogP contribution in [0.25, 0.3) is 11.4 Å². The fourth-order valence-electron chi connectivity index (χ4n) is 3.09. The van der Waals surface area contributed by atoms with Crippen LogP contribution in [0, 0.1) is 5.92 Å². The van der Waals surface area contributed by atoms with Crippen molar-refractivity contribution in [2.75, 3.05) is 20.3 Å². The quantitative estimate of drug-likeness (QED) is 0.726. The fourth-order valence-corrected chi connectivity index (χ4v) is 3.09. The van der Waals surface area contributed by atoms with E-state index in [-0.39, 0.29) is 11.8 Å². The monoisotopic (exact) mass is 364 g/mol. The minimum Gasteiger partial charge on any atom is -0.497 e. The Morgan fingerprint density at radius 1 is 1.30 bits per heavy atom. The molecule has 3 heterocycles. The number of ether oxygens (including phenoxy) is 2. The van der Waals surface area contributed by atoms with Crippen LogP contribution in [0.15, 0.2) is 48.7 Å². The van der Waals surface area contributed by atoms with Crippen LogP contribution in [0.5, 0.6) is 11.5 Å². The lowest BCUT2D eigenvalue weighted by atomic mass is 9.96. The van der Waals surface area contributed by atoms with Crippen LogP contribution in [0.1, 0.15) is 16.1 Å². The van der Waals surface area contributed by atoms with Crippen molar-refractivity contribution in [3.8, 4) is 22.9 Å². The van der Waals surface area contributed by atoms with E-state index in [9.17, 15) is 4.79 Å². The molecule has 1 aliphatic rings. The highest BCUT2D eigenvalue weighted by Crippen LogP contribution is 2.30. The van der Waals surface area contributed by atoms with Gasteiger partial charge in [0, 0.05) is 24.7 Å². The number of amides is 1. The normalized spacial score (nSPS) is 15.5. The first-order valence-electron chi connectivity index (χ1n) is 8.77. The first-order valence-corrected chi connectivity index (χ1v) is 8.77. The number of pyridine rings is 1. The summed E-state index contributed by atoms with van der Waals surface area (Å²) in [7, 11) is 1.64. The van der Waals surface area contributed by atoms with E-state index < -0.39 is 0 Å². The molecule has 0 unspecified atom stereocenters. The number of aromatic amines is 1. The number of benzene rings is 1. The second-order valence-corrected chi connectivity index (χ2v) is 6.45. The molecule has 2 N–H and O–H groups in total. The molecule has 7 nitrogen and oxygen atoms in total. The van der Waals surface area contributed by atoms with Gasteiger partial charge >= 0.3 is 0 Å². The van der Waals surface area contributed by atoms with Gasteiger partial charge in [0.1, 0.15) is 22.9 Å². The summed E-state index contributed by atoms with van der Waals surface area (Å²) in [4.78, 5) is 16.6. The molecule has 3 aromatic rings. The molecule has 1 aromatic carbocycles. The average Bonchev–Trinajstić information content (AvgIpc) is 3.22. The molecular weight excluding hydrogens is 344 g/mol. The molecule has 0 saturated heterocycles. The van der Waals surface area contributed by atoms with E-state index in [0.29, 0.717) is 24.5 Å². The number of fused-ring (bicyclic) bond motifs is 1. The Labute approximate surface area is 156 Å². The van der Waals surface area contributed by atoms with Gasteiger partial charge in [0.2, 0.25) is 0 Å². The van der Waals surface area contributed by atoms with Gasteiger partial charge in [0.15, 0.2) is 0 Å². The molecule has 0 spiro atoms. The smallest absolute Gasteiger partial charge is 0.269 e. The van der Waals surface area contributed by atoms with E-state index in [1.807, 2.05) is 36.4 Å². The first-order chi connectivity index (χ1) is 13.2. The lowest BCUT2D eigenvalue weighted by Crippen LogP contribution is -2.35. The van der Waals surface area contributed by atoms with Gasteiger partial charge in [0.05, 0.1) is 19.4 Å². The van der Waals surface area contributed by atoms with Crippen molar-refractivity contribution in [2.24, 2.45) is 5.92 Å². The molecule has 0 fully saturated rings. The number of carbonyl (C=O) groups excluding carboxylic acids is 1. The Morgan fingerprint density at radius 2 is 2.22 bits per heavy atom. The van der Waals surface area contributed by atoms with Crippen LogP contribution in [0.2, 0.25) is 0 Å². The molecular formula is C20H20N4O3. The van der Waals surface area contributed by atoms with Crippen molar-refractivity contribution in [3.05, 3.63) is 59.9 Å². The molecule has 0 radical (unpaired) electrons. The maximum Gasteiger partial charge on any atom is 0.269 e. The second-order valence-electron chi connectivity index (χ2n) is 6.45. The number of hydrogen-bond acceptors (Lipinski definition) is 5. The van der Waals surface area contributed by atoms with Crippen molar-refractivity contribution < 1.29 is 14.3 Å². The third-order valence-electron chi connectivity index (χ3n) is 4.56. The molecule has 138 valence electrons. The topological polar surface area (TPSA) is 89.1 Å². The van der Waals surface area contributed by atoms with E-state index in [2.05, 4.69) is 20.5 Å². The van der Waals surface area contributed by atoms with Gasteiger partial charge in [-0.05, 0) is 36.2 Å². The zero-order valence-corrected chi connectivity index (χ0v) is 14.9. The standard InChI is InChI=1S/C20H20N4O3/c1-26-15-6-5-14-8-13(12-27-19(14)9-15)11-22-20(25)18-10-17(23-24-18)16-4-2-3-7-21-16/h2-7,9-10,13H,8,11-12H2,1H3,(H,22,25)(H,23,24)/t13-/m1/s1. The molecule has 0 bridgehead atoms. The van der Waals surface area contributed by atoms with E-state index in [4.69, 9.17) is 9.47 Å². The Kier molecular flexibility index (Phi) is 4.74. The molecule has 1 amide bonds. The molecule has 1 aliphatic heterocycles. The number of H-pyrrole nitrogens is 1. The predicted octanol–water partition coefficient (Wildman–Crippen LogP) is 2.46. The van der Waals surface area contributed by atoms with E-state index >= 15 is 0 Å². The Balaban J connectivity index is 1.35. The highest BCUT2D eigenvalue weighted by Gasteiger charge is 2.21. The second kappa shape index (κ2) is 7.49. The van der Waals surface area contributed by atoms with Crippen molar-refractivity contribution in [1.29, 1.82) is 0 Å². The summed E-state index contributed by atoms with van der Waals surface area (Å²) in [5.41, 5.74) is 2.91. The molecule has 2 aromatic heterocycles. The largest absolute Gasteiger partial charge is 0.497 e. The lowest BCUT2D eigenvalue weighted by molar-refractivity contribution is 0.0934. The SMILES string of the molecule is COc1ccc2c(c1)OC[C@@H](CNC(=O)c1cc(-c3ccccn3)n[nH]1)C2. The van der Waals surface area contributed by atoms with Gasteiger partial charge in [-0.2, -0.15) is 5.10 Å². The van der Waals surface area contributed by atoms with Gasteiger partial charge in [-0.25, -0.2) is 0 Å².